The summed E-state index contributed by atoms with van der Waals surface area (Å²) in [6, 6.07) is 11.1. The maximum Gasteiger partial charge on any atom is 0.293 e. The second-order valence-electron chi connectivity index (χ2n) is 7.69. The Kier molecular flexibility index (Phi) is 6.82. The smallest absolute Gasteiger partial charge is 0.293 e. The molecule has 34 heavy (non-hydrogen) atoms. The Hall–Kier alpha value is -3.86. The normalized spacial score (nSPS) is 16.6. The Labute approximate surface area is 199 Å². The van der Waals surface area contributed by atoms with Gasteiger partial charge in [-0.25, -0.2) is 0 Å². The molecule has 1 N–H and O–H groups in total. The summed E-state index contributed by atoms with van der Waals surface area (Å²) in [6.07, 6.45) is 3.51. The highest BCUT2D eigenvalue weighted by Gasteiger charge is 2.36. The fraction of sp³-hybridized carbons (Fsp3) is 0.261. The summed E-state index contributed by atoms with van der Waals surface area (Å²) >= 11 is 0.757. The highest BCUT2D eigenvalue weighted by atomic mass is 32.2. The largest absolute Gasteiger partial charge is 0.493 e. The van der Waals surface area contributed by atoms with Crippen LogP contribution < -0.4 is 14.8 Å². The van der Waals surface area contributed by atoms with Gasteiger partial charge in [0.2, 0.25) is 0 Å². The fourth-order valence-electron chi connectivity index (χ4n) is 3.31. The number of nitro groups is 1. The standard InChI is InChI=1S/C23H21N3O7S/c1-32-19-10-14(6-9-18(19)33-13-21(27)24-16-7-8-16)11-20-22(28)25(23(29)34-20)12-15-4-2-3-5-17(15)26(30)31/h2-6,9-11,16H,7-8,12-13H2,1H3,(H,24,27)/b20-11-. The van der Waals surface area contributed by atoms with Crippen molar-refractivity contribution in [2.75, 3.05) is 13.7 Å². The Bertz CT molecular complexity index is 1190. The van der Waals surface area contributed by atoms with Crippen LogP contribution in [0.5, 0.6) is 11.5 Å². The lowest BCUT2D eigenvalue weighted by molar-refractivity contribution is -0.385. The van der Waals surface area contributed by atoms with Crippen LogP contribution in [0.3, 0.4) is 0 Å². The van der Waals surface area contributed by atoms with Crippen molar-refractivity contribution in [1.82, 2.24) is 10.2 Å². The van der Waals surface area contributed by atoms with Crippen LogP contribution in [-0.2, 0) is 16.1 Å². The molecule has 176 valence electrons. The average Bonchev–Trinajstić information content (AvgIpc) is 3.60. The van der Waals surface area contributed by atoms with Gasteiger partial charge in [-0.05, 0) is 48.4 Å². The van der Waals surface area contributed by atoms with Gasteiger partial charge in [-0.2, -0.15) is 0 Å². The van der Waals surface area contributed by atoms with E-state index in [9.17, 15) is 24.5 Å². The molecule has 0 unspecified atom stereocenters. The van der Waals surface area contributed by atoms with Crippen LogP contribution in [0.15, 0.2) is 47.4 Å². The van der Waals surface area contributed by atoms with Crippen LogP contribution in [0.1, 0.15) is 24.0 Å². The number of para-hydroxylation sites is 1. The van der Waals surface area contributed by atoms with Crippen LogP contribution in [-0.4, -0.2) is 46.6 Å². The van der Waals surface area contributed by atoms with Crippen molar-refractivity contribution in [1.29, 1.82) is 0 Å². The minimum Gasteiger partial charge on any atom is -0.493 e. The molecule has 1 saturated heterocycles. The third-order valence-electron chi connectivity index (χ3n) is 5.18. The Morgan fingerprint density at radius 3 is 2.71 bits per heavy atom. The second-order valence-corrected chi connectivity index (χ2v) is 8.69. The second kappa shape index (κ2) is 9.96. The monoisotopic (exact) mass is 483 g/mol. The van der Waals surface area contributed by atoms with E-state index in [0.29, 0.717) is 17.1 Å². The summed E-state index contributed by atoms with van der Waals surface area (Å²) in [6.45, 7) is -0.338. The highest BCUT2D eigenvalue weighted by molar-refractivity contribution is 8.18. The molecule has 2 fully saturated rings. The van der Waals surface area contributed by atoms with Gasteiger partial charge in [-0.15, -0.1) is 0 Å². The van der Waals surface area contributed by atoms with Gasteiger partial charge in [0.05, 0.1) is 23.5 Å². The number of nitrogens with one attached hydrogen (secondary N) is 1. The summed E-state index contributed by atoms with van der Waals surface area (Å²) in [7, 11) is 1.46. The lowest BCUT2D eigenvalue weighted by Crippen LogP contribution is -2.30. The SMILES string of the molecule is COc1cc(/C=C2\SC(=O)N(Cc3ccccc3[N+](=O)[O-])C2=O)ccc1OCC(=O)NC1CC1. The molecule has 1 heterocycles. The number of benzene rings is 2. The highest BCUT2D eigenvalue weighted by Crippen LogP contribution is 2.36. The van der Waals surface area contributed by atoms with Crippen molar-refractivity contribution in [3.05, 3.63) is 68.6 Å². The first kappa shape index (κ1) is 23.3. The van der Waals surface area contributed by atoms with Crippen LogP contribution in [0.4, 0.5) is 10.5 Å². The quantitative estimate of drug-likeness (QED) is 0.326. The van der Waals surface area contributed by atoms with Gasteiger partial charge in [0, 0.05) is 17.7 Å². The zero-order valence-corrected chi connectivity index (χ0v) is 19.0. The third kappa shape index (κ3) is 5.37. The minimum atomic E-state index is -0.546. The molecular weight excluding hydrogens is 462 g/mol. The maximum absolute atomic E-state index is 12.8. The van der Waals surface area contributed by atoms with Crippen LogP contribution >= 0.6 is 11.8 Å². The van der Waals surface area contributed by atoms with Gasteiger partial charge in [0.25, 0.3) is 22.7 Å². The van der Waals surface area contributed by atoms with Crippen molar-refractivity contribution < 1.29 is 28.8 Å². The molecule has 0 radical (unpaired) electrons. The number of carbonyl (C=O) groups excluding carboxylic acids is 3. The predicted octanol–water partition coefficient (Wildman–Crippen LogP) is 3.50. The van der Waals surface area contributed by atoms with Gasteiger partial charge in [-0.3, -0.25) is 29.4 Å². The number of amides is 3. The van der Waals surface area contributed by atoms with E-state index in [1.165, 1.54) is 31.4 Å². The number of methoxy groups -OCH3 is 1. The van der Waals surface area contributed by atoms with Crippen molar-refractivity contribution in [3.8, 4) is 11.5 Å². The number of nitro benzene ring substituents is 1. The zero-order valence-electron chi connectivity index (χ0n) is 18.2. The van der Waals surface area contributed by atoms with Crippen molar-refractivity contribution >= 4 is 40.6 Å². The van der Waals surface area contributed by atoms with Gasteiger partial charge < -0.3 is 14.8 Å². The lowest BCUT2D eigenvalue weighted by atomic mass is 10.1. The molecule has 1 saturated carbocycles. The first-order valence-corrected chi connectivity index (χ1v) is 11.2. The fourth-order valence-corrected chi connectivity index (χ4v) is 4.15. The third-order valence-corrected chi connectivity index (χ3v) is 6.08. The van der Waals surface area contributed by atoms with E-state index in [1.54, 1.807) is 24.3 Å². The molecule has 2 aromatic rings. The van der Waals surface area contributed by atoms with Gasteiger partial charge in [0.1, 0.15) is 0 Å². The predicted molar refractivity (Wildman–Crippen MR) is 124 cm³/mol. The molecule has 4 rings (SSSR count). The number of ether oxygens (including phenoxy) is 2. The maximum atomic E-state index is 12.8. The Morgan fingerprint density at radius 2 is 2.00 bits per heavy atom. The number of hydrogen-bond acceptors (Lipinski definition) is 8. The van der Waals surface area contributed by atoms with E-state index in [0.717, 1.165) is 29.5 Å². The Balaban J connectivity index is 1.47. The summed E-state index contributed by atoms with van der Waals surface area (Å²) in [5.74, 6) is -0.00709. The van der Waals surface area contributed by atoms with Crippen LogP contribution in [0.2, 0.25) is 0 Å². The molecular formula is C23H21N3O7S. The molecule has 1 aliphatic carbocycles. The van der Waals surface area contributed by atoms with E-state index in [-0.39, 0.29) is 41.3 Å². The number of rotatable bonds is 9. The Morgan fingerprint density at radius 1 is 1.24 bits per heavy atom. The topological polar surface area (TPSA) is 128 Å². The van der Waals surface area contributed by atoms with E-state index < -0.39 is 16.1 Å². The minimum absolute atomic E-state index is 0.142. The molecule has 2 aromatic carbocycles. The van der Waals surface area contributed by atoms with Crippen molar-refractivity contribution in [3.63, 3.8) is 0 Å². The van der Waals surface area contributed by atoms with Crippen LogP contribution in [0.25, 0.3) is 6.08 Å². The van der Waals surface area contributed by atoms with E-state index in [1.807, 2.05) is 0 Å². The number of imide groups is 1. The number of hydrogen-bond donors (Lipinski definition) is 1. The van der Waals surface area contributed by atoms with Crippen molar-refractivity contribution in [2.24, 2.45) is 0 Å². The molecule has 11 heteroatoms. The summed E-state index contributed by atoms with van der Waals surface area (Å²) in [5.41, 5.74) is 0.699. The summed E-state index contributed by atoms with van der Waals surface area (Å²) in [5, 5.41) is 13.6. The van der Waals surface area contributed by atoms with Crippen molar-refractivity contribution in [2.45, 2.75) is 25.4 Å². The summed E-state index contributed by atoms with van der Waals surface area (Å²) in [4.78, 5) is 49.0. The molecule has 0 aromatic heterocycles. The van der Waals surface area contributed by atoms with E-state index in [4.69, 9.17) is 9.47 Å². The first-order chi connectivity index (χ1) is 16.4. The molecule has 10 nitrogen and oxygen atoms in total. The molecule has 0 bridgehead atoms. The lowest BCUT2D eigenvalue weighted by Gasteiger charge is -2.12. The molecule has 1 aliphatic heterocycles. The van der Waals surface area contributed by atoms with Gasteiger partial charge in [-0.1, -0.05) is 24.3 Å². The molecule has 2 aliphatic rings. The van der Waals surface area contributed by atoms with E-state index in [2.05, 4.69) is 5.32 Å². The average molecular weight is 484 g/mol. The van der Waals surface area contributed by atoms with E-state index >= 15 is 0 Å². The number of thioether (sulfide) groups is 1. The molecule has 3 amide bonds. The molecule has 0 spiro atoms. The molecule has 0 atom stereocenters. The van der Waals surface area contributed by atoms with Gasteiger partial charge in [0.15, 0.2) is 18.1 Å². The zero-order chi connectivity index (χ0) is 24.2. The number of carbonyl (C=O) groups is 3. The number of nitrogens with zero attached hydrogens (tertiary/aromatic N) is 2. The van der Waals surface area contributed by atoms with Gasteiger partial charge >= 0.3 is 0 Å². The first-order valence-electron chi connectivity index (χ1n) is 10.4. The van der Waals surface area contributed by atoms with Crippen LogP contribution in [0, 0.1) is 10.1 Å². The summed E-state index contributed by atoms with van der Waals surface area (Å²) < 4.78 is 10.9.